The standard InChI is InChI=1S/C20H32N2O3/c1-7-13-22(14-8-2)19(24)20(5,6)18(23)21-16-11-9-10-12-17(16)25-15(3)4/h9-12,15H,7-8,13-14H2,1-6H3,(H,21,23). The van der Waals surface area contributed by atoms with Crippen LogP contribution in [0.4, 0.5) is 5.69 Å². The maximum atomic E-state index is 12.9. The molecule has 1 rings (SSSR count). The van der Waals surface area contributed by atoms with Crippen LogP contribution in [-0.2, 0) is 9.59 Å². The van der Waals surface area contributed by atoms with E-state index >= 15 is 0 Å². The fraction of sp³-hybridized carbons (Fsp3) is 0.600. The van der Waals surface area contributed by atoms with E-state index in [1.807, 2.05) is 45.9 Å². The molecule has 1 N–H and O–H groups in total. The molecule has 5 heteroatoms. The molecule has 5 nitrogen and oxygen atoms in total. The van der Waals surface area contributed by atoms with Crippen molar-refractivity contribution in [2.45, 2.75) is 60.5 Å². The van der Waals surface area contributed by atoms with E-state index < -0.39 is 5.41 Å². The molecule has 0 atom stereocenters. The summed E-state index contributed by atoms with van der Waals surface area (Å²) in [5, 5.41) is 2.86. The molecule has 0 bridgehead atoms. The van der Waals surface area contributed by atoms with Crippen molar-refractivity contribution in [3.05, 3.63) is 24.3 Å². The molecule has 25 heavy (non-hydrogen) atoms. The van der Waals surface area contributed by atoms with Crippen molar-refractivity contribution in [1.82, 2.24) is 4.90 Å². The van der Waals surface area contributed by atoms with Crippen molar-refractivity contribution < 1.29 is 14.3 Å². The third-order valence-electron chi connectivity index (χ3n) is 3.87. The number of hydrogen-bond donors (Lipinski definition) is 1. The van der Waals surface area contributed by atoms with Crippen molar-refractivity contribution >= 4 is 17.5 Å². The summed E-state index contributed by atoms with van der Waals surface area (Å²) in [6.45, 7) is 12.6. The highest BCUT2D eigenvalue weighted by Gasteiger charge is 2.39. The molecule has 0 aromatic heterocycles. The Morgan fingerprint density at radius 3 is 2.20 bits per heavy atom. The smallest absolute Gasteiger partial charge is 0.239 e. The Bertz CT molecular complexity index is 576. The molecule has 0 heterocycles. The van der Waals surface area contributed by atoms with Crippen molar-refractivity contribution in [2.75, 3.05) is 18.4 Å². The number of nitrogens with zero attached hydrogens (tertiary/aromatic N) is 1. The van der Waals surface area contributed by atoms with Gasteiger partial charge in [-0.05, 0) is 52.7 Å². The molecule has 140 valence electrons. The van der Waals surface area contributed by atoms with E-state index in [0.717, 1.165) is 12.8 Å². The summed E-state index contributed by atoms with van der Waals surface area (Å²) in [6, 6.07) is 7.28. The Hall–Kier alpha value is -2.04. The van der Waals surface area contributed by atoms with E-state index in [4.69, 9.17) is 4.74 Å². The van der Waals surface area contributed by atoms with Gasteiger partial charge >= 0.3 is 0 Å². The van der Waals surface area contributed by atoms with Gasteiger partial charge < -0.3 is 15.0 Å². The number of anilines is 1. The first-order valence-corrected chi connectivity index (χ1v) is 9.10. The minimum absolute atomic E-state index is 0.00251. The average molecular weight is 348 g/mol. The van der Waals surface area contributed by atoms with Crippen LogP contribution in [0.2, 0.25) is 0 Å². The number of nitrogens with one attached hydrogen (secondary N) is 1. The number of ether oxygens (including phenoxy) is 1. The molecule has 0 aliphatic carbocycles. The largest absolute Gasteiger partial charge is 0.489 e. The van der Waals surface area contributed by atoms with Gasteiger partial charge in [0.1, 0.15) is 11.2 Å². The second-order valence-electron chi connectivity index (χ2n) is 7.03. The maximum Gasteiger partial charge on any atom is 0.239 e. The highest BCUT2D eigenvalue weighted by molar-refractivity contribution is 6.10. The number of benzene rings is 1. The molecule has 0 saturated heterocycles. The molecular weight excluding hydrogens is 316 g/mol. The third-order valence-corrected chi connectivity index (χ3v) is 3.87. The fourth-order valence-electron chi connectivity index (χ4n) is 2.55. The van der Waals surface area contributed by atoms with E-state index in [9.17, 15) is 9.59 Å². The molecule has 0 unspecified atom stereocenters. The van der Waals surface area contributed by atoms with Gasteiger partial charge in [-0.1, -0.05) is 26.0 Å². The monoisotopic (exact) mass is 348 g/mol. The number of para-hydroxylation sites is 2. The highest BCUT2D eigenvalue weighted by atomic mass is 16.5. The number of carbonyl (C=O) groups excluding carboxylic acids is 2. The zero-order valence-corrected chi connectivity index (χ0v) is 16.4. The van der Waals surface area contributed by atoms with Crippen LogP contribution in [0.15, 0.2) is 24.3 Å². The zero-order chi connectivity index (χ0) is 19.0. The van der Waals surface area contributed by atoms with Crippen LogP contribution in [-0.4, -0.2) is 35.9 Å². The molecule has 0 fully saturated rings. The number of rotatable bonds is 9. The predicted octanol–water partition coefficient (Wildman–Crippen LogP) is 4.09. The lowest BCUT2D eigenvalue weighted by Gasteiger charge is -2.31. The topological polar surface area (TPSA) is 58.6 Å². The normalized spacial score (nSPS) is 11.3. The van der Waals surface area contributed by atoms with E-state index in [-0.39, 0.29) is 17.9 Å². The fourth-order valence-corrected chi connectivity index (χ4v) is 2.55. The lowest BCUT2D eigenvalue weighted by molar-refractivity contribution is -0.146. The molecule has 0 saturated carbocycles. The van der Waals surface area contributed by atoms with Gasteiger partial charge in [0.15, 0.2) is 0 Å². The summed E-state index contributed by atoms with van der Waals surface area (Å²) < 4.78 is 5.73. The van der Waals surface area contributed by atoms with E-state index in [0.29, 0.717) is 24.5 Å². The first-order chi connectivity index (χ1) is 11.7. The first kappa shape index (κ1) is 21.0. The number of hydrogen-bond acceptors (Lipinski definition) is 3. The average Bonchev–Trinajstić information content (AvgIpc) is 2.55. The minimum atomic E-state index is -1.14. The van der Waals surface area contributed by atoms with Gasteiger partial charge in [0.2, 0.25) is 11.8 Å². The summed E-state index contributed by atoms with van der Waals surface area (Å²) in [7, 11) is 0. The van der Waals surface area contributed by atoms with Crippen LogP contribution in [0, 0.1) is 5.41 Å². The zero-order valence-electron chi connectivity index (χ0n) is 16.4. The van der Waals surface area contributed by atoms with Crippen LogP contribution < -0.4 is 10.1 Å². The Kier molecular flexibility index (Phi) is 7.94. The van der Waals surface area contributed by atoms with Gasteiger partial charge in [-0.15, -0.1) is 0 Å². The first-order valence-electron chi connectivity index (χ1n) is 9.10. The van der Waals surface area contributed by atoms with E-state index in [1.54, 1.807) is 24.8 Å². The van der Waals surface area contributed by atoms with Crippen LogP contribution in [0.25, 0.3) is 0 Å². The molecule has 2 amide bonds. The van der Waals surface area contributed by atoms with Crippen LogP contribution in [0.5, 0.6) is 5.75 Å². The quantitative estimate of drug-likeness (QED) is 0.684. The molecule has 0 radical (unpaired) electrons. The molecule has 0 aliphatic rings. The maximum absolute atomic E-state index is 12.9. The molecule has 0 aliphatic heterocycles. The van der Waals surface area contributed by atoms with Gasteiger partial charge in [-0.2, -0.15) is 0 Å². The number of amides is 2. The Labute approximate surface area is 151 Å². The minimum Gasteiger partial charge on any atom is -0.489 e. The van der Waals surface area contributed by atoms with Crippen molar-refractivity contribution in [3.8, 4) is 5.75 Å². The second-order valence-corrected chi connectivity index (χ2v) is 7.03. The summed E-state index contributed by atoms with van der Waals surface area (Å²) in [4.78, 5) is 27.5. The van der Waals surface area contributed by atoms with Gasteiger partial charge in [0.25, 0.3) is 0 Å². The van der Waals surface area contributed by atoms with Crippen molar-refractivity contribution in [1.29, 1.82) is 0 Å². The van der Waals surface area contributed by atoms with Gasteiger partial charge in [-0.3, -0.25) is 9.59 Å². The summed E-state index contributed by atoms with van der Waals surface area (Å²) >= 11 is 0. The molecule has 0 spiro atoms. The van der Waals surface area contributed by atoms with Crippen molar-refractivity contribution in [3.63, 3.8) is 0 Å². The van der Waals surface area contributed by atoms with Gasteiger partial charge in [0.05, 0.1) is 11.8 Å². The predicted molar refractivity (Wildman–Crippen MR) is 102 cm³/mol. The van der Waals surface area contributed by atoms with E-state index in [2.05, 4.69) is 5.32 Å². The lowest BCUT2D eigenvalue weighted by Crippen LogP contribution is -2.47. The molecular formula is C20H32N2O3. The van der Waals surface area contributed by atoms with Gasteiger partial charge in [0, 0.05) is 13.1 Å². The van der Waals surface area contributed by atoms with E-state index in [1.165, 1.54) is 0 Å². The van der Waals surface area contributed by atoms with Gasteiger partial charge in [-0.25, -0.2) is 0 Å². The Morgan fingerprint density at radius 1 is 1.12 bits per heavy atom. The van der Waals surface area contributed by atoms with Crippen LogP contribution >= 0.6 is 0 Å². The molecule has 1 aromatic carbocycles. The summed E-state index contributed by atoms with van der Waals surface area (Å²) in [6.07, 6.45) is 1.74. The summed E-state index contributed by atoms with van der Waals surface area (Å²) in [5.74, 6) is 0.138. The lowest BCUT2D eigenvalue weighted by atomic mass is 9.90. The summed E-state index contributed by atoms with van der Waals surface area (Å²) in [5.41, 5.74) is -0.561. The third kappa shape index (κ3) is 5.76. The van der Waals surface area contributed by atoms with Crippen LogP contribution in [0.3, 0.4) is 0 Å². The SMILES string of the molecule is CCCN(CCC)C(=O)C(C)(C)C(=O)Nc1ccccc1OC(C)C. The molecule has 1 aromatic rings. The Balaban J connectivity index is 2.96. The number of carbonyl (C=O) groups is 2. The Morgan fingerprint density at radius 2 is 1.68 bits per heavy atom. The van der Waals surface area contributed by atoms with Crippen molar-refractivity contribution in [2.24, 2.45) is 5.41 Å². The highest BCUT2D eigenvalue weighted by Crippen LogP contribution is 2.28. The second kappa shape index (κ2) is 9.44. The van der Waals surface area contributed by atoms with Crippen LogP contribution in [0.1, 0.15) is 54.4 Å².